The van der Waals surface area contributed by atoms with Gasteiger partial charge >= 0.3 is 12.0 Å². The van der Waals surface area contributed by atoms with E-state index in [2.05, 4.69) is 10.4 Å². The van der Waals surface area contributed by atoms with E-state index in [0.29, 0.717) is 43.1 Å². The van der Waals surface area contributed by atoms with Gasteiger partial charge in [0.25, 0.3) is 5.91 Å². The third-order valence-electron chi connectivity index (χ3n) is 6.02. The number of benzene rings is 1. The van der Waals surface area contributed by atoms with Gasteiger partial charge in [0.2, 0.25) is 0 Å². The summed E-state index contributed by atoms with van der Waals surface area (Å²) < 4.78 is 6.75. The van der Waals surface area contributed by atoms with Crippen LogP contribution in [0.5, 0.6) is 0 Å². The van der Waals surface area contributed by atoms with Crippen LogP contribution in [0.2, 0.25) is 0 Å². The van der Waals surface area contributed by atoms with Gasteiger partial charge < -0.3 is 19.9 Å². The molecule has 2 aliphatic rings. The molecule has 1 saturated heterocycles. The van der Waals surface area contributed by atoms with Crippen molar-refractivity contribution in [2.75, 3.05) is 31.6 Å². The fourth-order valence-electron chi connectivity index (χ4n) is 4.29. The van der Waals surface area contributed by atoms with Gasteiger partial charge in [-0.15, -0.1) is 0 Å². The Kier molecular flexibility index (Phi) is 6.43. The minimum atomic E-state index is -0.392. The highest BCUT2D eigenvalue weighted by Crippen LogP contribution is 2.25. The van der Waals surface area contributed by atoms with E-state index in [1.807, 2.05) is 11.9 Å². The molecule has 1 aromatic heterocycles. The van der Waals surface area contributed by atoms with E-state index in [1.165, 1.54) is 0 Å². The normalized spacial score (nSPS) is 15.8. The molecule has 0 bridgehead atoms. The van der Waals surface area contributed by atoms with Gasteiger partial charge in [0.15, 0.2) is 5.69 Å². The van der Waals surface area contributed by atoms with Gasteiger partial charge in [-0.2, -0.15) is 5.10 Å². The molecule has 1 aromatic carbocycles. The Morgan fingerprint density at radius 1 is 1.03 bits per heavy atom. The second-order valence-corrected chi connectivity index (χ2v) is 8.15. The molecule has 2 aliphatic heterocycles. The van der Waals surface area contributed by atoms with E-state index in [1.54, 1.807) is 40.8 Å². The largest absolute Gasteiger partial charge is 0.462 e. The number of nitrogens with zero attached hydrogens (tertiary/aromatic N) is 4. The van der Waals surface area contributed by atoms with Crippen molar-refractivity contribution in [3.63, 3.8) is 0 Å². The van der Waals surface area contributed by atoms with Crippen LogP contribution in [-0.4, -0.2) is 63.7 Å². The third kappa shape index (κ3) is 4.46. The quantitative estimate of drug-likeness (QED) is 0.739. The summed E-state index contributed by atoms with van der Waals surface area (Å²) in [6.07, 6.45) is 3.83. The van der Waals surface area contributed by atoms with E-state index in [4.69, 9.17) is 4.74 Å². The molecule has 0 spiro atoms. The molecule has 1 N–H and O–H groups in total. The maximum Gasteiger partial charge on any atom is 0.338 e. The highest BCUT2D eigenvalue weighted by molar-refractivity contribution is 5.95. The van der Waals surface area contributed by atoms with Gasteiger partial charge in [0.1, 0.15) is 0 Å². The molecule has 9 heteroatoms. The maximum absolute atomic E-state index is 13.1. The summed E-state index contributed by atoms with van der Waals surface area (Å²) in [7, 11) is 1.85. The number of rotatable bonds is 4. The second kappa shape index (κ2) is 9.42. The highest BCUT2D eigenvalue weighted by Gasteiger charge is 2.31. The number of urea groups is 1. The van der Waals surface area contributed by atoms with Crippen molar-refractivity contribution in [2.24, 2.45) is 7.05 Å². The number of amides is 3. The van der Waals surface area contributed by atoms with E-state index in [-0.39, 0.29) is 11.9 Å². The van der Waals surface area contributed by atoms with Gasteiger partial charge in [-0.25, -0.2) is 9.59 Å². The first kappa shape index (κ1) is 21.9. The molecule has 170 valence electrons. The van der Waals surface area contributed by atoms with Crippen LogP contribution < -0.4 is 5.32 Å². The Labute approximate surface area is 187 Å². The van der Waals surface area contributed by atoms with Crippen molar-refractivity contribution >= 4 is 23.6 Å². The van der Waals surface area contributed by atoms with Crippen LogP contribution in [0.4, 0.5) is 10.5 Å². The first-order valence-corrected chi connectivity index (χ1v) is 11.1. The zero-order valence-corrected chi connectivity index (χ0v) is 18.6. The Hall–Kier alpha value is -3.36. The molecule has 0 atom stereocenters. The lowest BCUT2D eigenvalue weighted by Gasteiger charge is -2.29. The standard InChI is InChI=1S/C23H29N5O4/c1-3-32-22(30)16-7-9-17(10-8-16)24-23(31)28-14-11-19-18(15-28)20(25-26(19)2)21(29)27-12-5-4-6-13-27/h7-10H,3-6,11-15H2,1-2H3,(H,24,31). The van der Waals surface area contributed by atoms with Gasteiger partial charge in [0, 0.05) is 50.0 Å². The number of ether oxygens (including phenoxy) is 1. The van der Waals surface area contributed by atoms with E-state index < -0.39 is 5.97 Å². The maximum atomic E-state index is 13.1. The summed E-state index contributed by atoms with van der Waals surface area (Å²) in [4.78, 5) is 41.3. The number of carbonyl (C=O) groups excluding carboxylic acids is 3. The van der Waals surface area contributed by atoms with Crippen molar-refractivity contribution < 1.29 is 19.1 Å². The molecule has 4 rings (SSSR count). The first-order chi connectivity index (χ1) is 15.5. The molecule has 2 aromatic rings. The van der Waals surface area contributed by atoms with E-state index in [9.17, 15) is 14.4 Å². The molecule has 9 nitrogen and oxygen atoms in total. The van der Waals surface area contributed by atoms with Crippen molar-refractivity contribution in [3.05, 3.63) is 46.8 Å². The van der Waals surface area contributed by atoms with Crippen LogP contribution in [0.25, 0.3) is 0 Å². The Morgan fingerprint density at radius 3 is 2.44 bits per heavy atom. The summed E-state index contributed by atoms with van der Waals surface area (Å²) in [5, 5.41) is 7.38. The number of likely N-dealkylation sites (tertiary alicyclic amines) is 1. The third-order valence-corrected chi connectivity index (χ3v) is 6.02. The number of piperidine rings is 1. The Morgan fingerprint density at radius 2 is 1.75 bits per heavy atom. The molecule has 0 saturated carbocycles. The fraction of sp³-hybridized carbons (Fsp3) is 0.478. The van der Waals surface area contributed by atoms with E-state index >= 15 is 0 Å². The van der Waals surface area contributed by atoms with Crippen molar-refractivity contribution in [3.8, 4) is 0 Å². The fourth-order valence-corrected chi connectivity index (χ4v) is 4.29. The SMILES string of the molecule is CCOC(=O)c1ccc(NC(=O)N2CCc3c(c(C(=O)N4CCCCC4)nn3C)C2)cc1. The number of nitrogens with one attached hydrogen (secondary N) is 1. The number of carbonyl (C=O) groups is 3. The lowest BCUT2D eigenvalue weighted by atomic mass is 10.0. The van der Waals surface area contributed by atoms with Crippen LogP contribution in [0.3, 0.4) is 0 Å². The van der Waals surface area contributed by atoms with Gasteiger partial charge in [0.05, 0.1) is 18.7 Å². The number of aryl methyl sites for hydroxylation is 1. The minimum Gasteiger partial charge on any atom is -0.462 e. The Balaban J connectivity index is 1.45. The number of esters is 1. The summed E-state index contributed by atoms with van der Waals surface area (Å²) in [6, 6.07) is 6.35. The lowest BCUT2D eigenvalue weighted by Crippen LogP contribution is -2.40. The summed E-state index contributed by atoms with van der Waals surface area (Å²) in [5.41, 5.74) is 3.32. The Bertz CT molecular complexity index is 1010. The van der Waals surface area contributed by atoms with Crippen LogP contribution >= 0.6 is 0 Å². The van der Waals surface area contributed by atoms with Gasteiger partial charge in [-0.05, 0) is 50.5 Å². The molecular weight excluding hydrogens is 410 g/mol. The zero-order valence-electron chi connectivity index (χ0n) is 18.6. The van der Waals surface area contributed by atoms with Crippen molar-refractivity contribution in [2.45, 2.75) is 39.2 Å². The topological polar surface area (TPSA) is 96.8 Å². The molecule has 0 aliphatic carbocycles. The second-order valence-electron chi connectivity index (χ2n) is 8.15. The highest BCUT2D eigenvalue weighted by atomic mass is 16.5. The summed E-state index contributed by atoms with van der Waals surface area (Å²) in [6.45, 7) is 4.46. The average molecular weight is 440 g/mol. The predicted molar refractivity (Wildman–Crippen MR) is 118 cm³/mol. The number of aromatic nitrogens is 2. The average Bonchev–Trinajstić information content (AvgIpc) is 3.15. The molecule has 0 unspecified atom stereocenters. The molecule has 1 fully saturated rings. The first-order valence-electron chi connectivity index (χ1n) is 11.1. The summed E-state index contributed by atoms with van der Waals surface area (Å²) >= 11 is 0. The molecule has 0 radical (unpaired) electrons. The predicted octanol–water partition coefficient (Wildman–Crippen LogP) is 2.81. The van der Waals surface area contributed by atoms with Crippen LogP contribution in [-0.2, 0) is 24.8 Å². The van der Waals surface area contributed by atoms with Gasteiger partial charge in [-0.3, -0.25) is 9.48 Å². The van der Waals surface area contributed by atoms with Crippen LogP contribution in [0, 0.1) is 0 Å². The number of anilines is 1. The molecule has 3 amide bonds. The molecule has 3 heterocycles. The van der Waals surface area contributed by atoms with Crippen LogP contribution in [0.1, 0.15) is 58.3 Å². The number of fused-ring (bicyclic) bond motifs is 1. The number of hydrogen-bond donors (Lipinski definition) is 1. The van der Waals surface area contributed by atoms with Crippen LogP contribution in [0.15, 0.2) is 24.3 Å². The zero-order chi connectivity index (χ0) is 22.7. The number of hydrogen-bond acceptors (Lipinski definition) is 5. The van der Waals surface area contributed by atoms with Crippen molar-refractivity contribution in [1.29, 1.82) is 0 Å². The van der Waals surface area contributed by atoms with Gasteiger partial charge in [-0.1, -0.05) is 0 Å². The summed E-state index contributed by atoms with van der Waals surface area (Å²) in [5.74, 6) is -0.435. The molecule has 32 heavy (non-hydrogen) atoms. The molecular formula is C23H29N5O4. The smallest absolute Gasteiger partial charge is 0.338 e. The monoisotopic (exact) mass is 439 g/mol. The minimum absolute atomic E-state index is 0.0432. The van der Waals surface area contributed by atoms with Crippen molar-refractivity contribution in [1.82, 2.24) is 19.6 Å². The lowest BCUT2D eigenvalue weighted by molar-refractivity contribution is 0.0526. The van der Waals surface area contributed by atoms with E-state index in [0.717, 1.165) is 43.6 Å².